The number of hydrogen-bond acceptors (Lipinski definition) is 5. The summed E-state index contributed by atoms with van der Waals surface area (Å²) < 4.78 is 5.18. The van der Waals surface area contributed by atoms with Crippen molar-refractivity contribution in [3.63, 3.8) is 0 Å². The number of thioether (sulfide) groups is 2. The summed E-state index contributed by atoms with van der Waals surface area (Å²) in [5, 5.41) is 3.71. The van der Waals surface area contributed by atoms with Crippen molar-refractivity contribution in [2.24, 2.45) is 0 Å². The van der Waals surface area contributed by atoms with Gasteiger partial charge in [-0.1, -0.05) is 12.1 Å². The number of methoxy groups -OCH3 is 1. The highest BCUT2D eigenvalue weighted by atomic mass is 32.2. The van der Waals surface area contributed by atoms with Gasteiger partial charge in [0.2, 0.25) is 5.91 Å². The quantitative estimate of drug-likeness (QED) is 0.837. The van der Waals surface area contributed by atoms with Crippen LogP contribution in [0.15, 0.2) is 24.3 Å². The average Bonchev–Trinajstić information content (AvgIpc) is 2.78. The van der Waals surface area contributed by atoms with Crippen molar-refractivity contribution in [3.8, 4) is 5.75 Å². The Balaban J connectivity index is 1.45. The SMILES string of the molecule is COc1ccc(CCN2C[C@H](NC3CSCCSC3)CC2=O)cc1. The van der Waals surface area contributed by atoms with Crippen molar-refractivity contribution in [1.29, 1.82) is 0 Å². The fraction of sp³-hybridized carbons (Fsp3) is 0.611. The zero-order valence-corrected chi connectivity index (χ0v) is 15.8. The fourth-order valence-electron chi connectivity index (χ4n) is 3.20. The number of nitrogens with one attached hydrogen (secondary N) is 1. The summed E-state index contributed by atoms with van der Waals surface area (Å²) in [6.07, 6.45) is 1.55. The highest BCUT2D eigenvalue weighted by Gasteiger charge is 2.30. The van der Waals surface area contributed by atoms with Crippen molar-refractivity contribution in [3.05, 3.63) is 29.8 Å². The van der Waals surface area contributed by atoms with Crippen LogP contribution >= 0.6 is 23.5 Å². The van der Waals surface area contributed by atoms with Crippen LogP contribution in [0.5, 0.6) is 5.75 Å². The minimum Gasteiger partial charge on any atom is -0.497 e. The number of carbonyl (C=O) groups is 1. The van der Waals surface area contributed by atoms with E-state index in [-0.39, 0.29) is 5.91 Å². The minimum atomic E-state index is 0.287. The number of rotatable bonds is 6. The first-order valence-corrected chi connectivity index (χ1v) is 10.9. The van der Waals surface area contributed by atoms with Gasteiger partial charge >= 0.3 is 0 Å². The molecule has 2 heterocycles. The van der Waals surface area contributed by atoms with E-state index in [1.54, 1.807) is 7.11 Å². The van der Waals surface area contributed by atoms with E-state index in [0.717, 1.165) is 25.3 Å². The summed E-state index contributed by atoms with van der Waals surface area (Å²) in [5.74, 6) is 6.00. The smallest absolute Gasteiger partial charge is 0.224 e. The molecule has 2 saturated heterocycles. The largest absolute Gasteiger partial charge is 0.497 e. The van der Waals surface area contributed by atoms with Crippen molar-refractivity contribution >= 4 is 29.4 Å². The first-order valence-electron chi connectivity index (χ1n) is 8.57. The molecule has 0 spiro atoms. The average molecular weight is 367 g/mol. The third-order valence-electron chi connectivity index (χ3n) is 4.53. The van der Waals surface area contributed by atoms with Crippen LogP contribution in [0.4, 0.5) is 0 Å². The van der Waals surface area contributed by atoms with E-state index in [9.17, 15) is 4.79 Å². The summed E-state index contributed by atoms with van der Waals surface area (Å²) >= 11 is 4.05. The molecule has 0 saturated carbocycles. The Kier molecular flexibility index (Phi) is 6.75. The van der Waals surface area contributed by atoms with Crippen LogP contribution in [0.25, 0.3) is 0 Å². The molecule has 2 aliphatic heterocycles. The van der Waals surface area contributed by atoms with Crippen molar-refractivity contribution in [2.45, 2.75) is 24.9 Å². The first kappa shape index (κ1) is 18.0. The molecule has 1 aromatic carbocycles. The van der Waals surface area contributed by atoms with E-state index in [4.69, 9.17) is 4.74 Å². The van der Waals surface area contributed by atoms with Crippen LogP contribution in [0.2, 0.25) is 0 Å². The Bertz CT molecular complexity index is 530. The number of amides is 1. The fourth-order valence-corrected chi connectivity index (χ4v) is 5.63. The lowest BCUT2D eigenvalue weighted by molar-refractivity contribution is -0.127. The first-order chi connectivity index (χ1) is 11.7. The summed E-state index contributed by atoms with van der Waals surface area (Å²) in [6, 6.07) is 8.98. The van der Waals surface area contributed by atoms with E-state index >= 15 is 0 Å². The zero-order chi connectivity index (χ0) is 16.8. The molecule has 2 aliphatic rings. The van der Waals surface area contributed by atoms with E-state index in [1.807, 2.05) is 40.6 Å². The summed E-state index contributed by atoms with van der Waals surface area (Å²) in [6.45, 7) is 1.65. The molecule has 2 fully saturated rings. The van der Waals surface area contributed by atoms with E-state index < -0.39 is 0 Å². The van der Waals surface area contributed by atoms with Crippen molar-refractivity contribution in [2.75, 3.05) is 43.2 Å². The summed E-state index contributed by atoms with van der Waals surface area (Å²) in [7, 11) is 1.68. The van der Waals surface area contributed by atoms with Gasteiger partial charge in [0.1, 0.15) is 5.75 Å². The lowest BCUT2D eigenvalue weighted by atomic mass is 10.1. The van der Waals surface area contributed by atoms with Crippen LogP contribution < -0.4 is 10.1 Å². The Morgan fingerprint density at radius 2 is 1.88 bits per heavy atom. The van der Waals surface area contributed by atoms with Crippen molar-refractivity contribution in [1.82, 2.24) is 10.2 Å². The Morgan fingerprint density at radius 1 is 1.17 bits per heavy atom. The van der Waals surface area contributed by atoms with Crippen LogP contribution in [0.3, 0.4) is 0 Å². The van der Waals surface area contributed by atoms with E-state index in [0.29, 0.717) is 18.5 Å². The van der Waals surface area contributed by atoms with Gasteiger partial charge in [-0.2, -0.15) is 23.5 Å². The van der Waals surface area contributed by atoms with Gasteiger partial charge in [-0.25, -0.2) is 0 Å². The highest BCUT2D eigenvalue weighted by molar-refractivity contribution is 8.03. The number of carbonyl (C=O) groups excluding carboxylic acids is 1. The number of likely N-dealkylation sites (tertiary alicyclic amines) is 1. The Hall–Kier alpha value is -0.850. The third kappa shape index (κ3) is 5.07. The van der Waals surface area contributed by atoms with Gasteiger partial charge < -0.3 is 15.0 Å². The molecule has 132 valence electrons. The Labute approximate surface area is 153 Å². The minimum absolute atomic E-state index is 0.287. The van der Waals surface area contributed by atoms with Gasteiger partial charge in [-0.05, 0) is 24.1 Å². The maximum absolute atomic E-state index is 12.3. The Morgan fingerprint density at radius 3 is 2.54 bits per heavy atom. The predicted molar refractivity (Wildman–Crippen MR) is 103 cm³/mol. The molecule has 24 heavy (non-hydrogen) atoms. The van der Waals surface area contributed by atoms with Gasteiger partial charge in [0, 0.05) is 54.6 Å². The second kappa shape index (κ2) is 9.02. The molecular formula is C18H26N2O2S2. The number of hydrogen-bond donors (Lipinski definition) is 1. The predicted octanol–water partition coefficient (Wildman–Crippen LogP) is 2.28. The third-order valence-corrected chi connectivity index (χ3v) is 7.05. The van der Waals surface area contributed by atoms with Crippen LogP contribution in [0.1, 0.15) is 12.0 Å². The molecule has 6 heteroatoms. The maximum atomic E-state index is 12.3. The lowest BCUT2D eigenvalue weighted by Crippen LogP contribution is -2.42. The second-order valence-corrected chi connectivity index (χ2v) is 8.65. The van der Waals surface area contributed by atoms with Crippen molar-refractivity contribution < 1.29 is 9.53 Å². The van der Waals surface area contributed by atoms with Crippen LogP contribution in [0, 0.1) is 0 Å². The standard InChI is InChI=1S/C18H26N2O2S2/c1-22-17-4-2-14(3-5-17)6-7-20-11-15(10-18(20)21)19-16-12-23-8-9-24-13-16/h2-5,15-16,19H,6-13H2,1H3/t15-/m1/s1. The molecule has 0 aliphatic carbocycles. The molecule has 1 atom stereocenters. The van der Waals surface area contributed by atoms with Gasteiger partial charge in [0.05, 0.1) is 7.11 Å². The summed E-state index contributed by atoms with van der Waals surface area (Å²) in [4.78, 5) is 14.3. The summed E-state index contributed by atoms with van der Waals surface area (Å²) in [5.41, 5.74) is 1.25. The molecule has 0 radical (unpaired) electrons. The molecule has 0 unspecified atom stereocenters. The highest BCUT2D eigenvalue weighted by Crippen LogP contribution is 2.19. The second-order valence-electron chi connectivity index (χ2n) is 6.35. The molecule has 3 rings (SSSR count). The van der Waals surface area contributed by atoms with Gasteiger partial charge in [0.25, 0.3) is 0 Å². The molecule has 4 nitrogen and oxygen atoms in total. The van der Waals surface area contributed by atoms with Crippen LogP contribution in [-0.4, -0.2) is 66.1 Å². The molecule has 1 aromatic rings. The maximum Gasteiger partial charge on any atom is 0.224 e. The molecule has 0 aromatic heterocycles. The molecular weight excluding hydrogens is 340 g/mol. The van der Waals surface area contributed by atoms with Gasteiger partial charge in [0.15, 0.2) is 0 Å². The number of ether oxygens (including phenoxy) is 1. The molecule has 1 N–H and O–H groups in total. The van der Waals surface area contributed by atoms with E-state index in [1.165, 1.54) is 28.6 Å². The number of benzene rings is 1. The molecule has 1 amide bonds. The number of nitrogens with zero attached hydrogens (tertiary/aromatic N) is 1. The molecule has 0 bridgehead atoms. The lowest BCUT2D eigenvalue weighted by Gasteiger charge is -2.21. The van der Waals surface area contributed by atoms with E-state index in [2.05, 4.69) is 17.4 Å². The van der Waals surface area contributed by atoms with Gasteiger partial charge in [-0.15, -0.1) is 0 Å². The zero-order valence-electron chi connectivity index (χ0n) is 14.2. The monoisotopic (exact) mass is 366 g/mol. The van der Waals surface area contributed by atoms with Gasteiger partial charge in [-0.3, -0.25) is 4.79 Å². The topological polar surface area (TPSA) is 41.6 Å². The normalized spacial score (nSPS) is 22.6. The van der Waals surface area contributed by atoms with Crippen LogP contribution in [-0.2, 0) is 11.2 Å².